The highest BCUT2D eigenvalue weighted by Gasteiger charge is 2.11. The molecule has 1 N–H and O–H groups in total. The van der Waals surface area contributed by atoms with Crippen molar-refractivity contribution in [1.29, 1.82) is 0 Å². The molecule has 0 aliphatic carbocycles. The Labute approximate surface area is 172 Å². The van der Waals surface area contributed by atoms with Gasteiger partial charge in [-0.15, -0.1) is 0 Å². The van der Waals surface area contributed by atoms with Crippen LogP contribution in [0.4, 0.5) is 0 Å². The molecular weight excluding hydrogens is 430 g/mol. The molecule has 27 heavy (non-hydrogen) atoms. The minimum absolute atomic E-state index is 0.420. The second-order valence-corrected chi connectivity index (χ2v) is 7.22. The monoisotopic (exact) mass is 449 g/mol. The molecule has 0 aliphatic heterocycles. The van der Waals surface area contributed by atoms with Crippen LogP contribution in [0.25, 0.3) is 0 Å². The van der Waals surface area contributed by atoms with Gasteiger partial charge in [0.2, 0.25) is 0 Å². The molecule has 0 fully saturated rings. The van der Waals surface area contributed by atoms with Crippen LogP contribution < -0.4 is 14.8 Å². The molecule has 1 aromatic heterocycles. The average Bonchev–Trinajstić information content (AvgIpc) is 3.16. The second-order valence-electron chi connectivity index (χ2n) is 5.92. The third kappa shape index (κ3) is 5.76. The lowest BCUT2D eigenvalue weighted by atomic mass is 10.2. The highest BCUT2D eigenvalue weighted by molar-refractivity contribution is 9.10. The summed E-state index contributed by atoms with van der Waals surface area (Å²) in [5.74, 6) is 2.31. The van der Waals surface area contributed by atoms with Gasteiger partial charge >= 0.3 is 0 Å². The van der Waals surface area contributed by atoms with Gasteiger partial charge in [0.05, 0.1) is 19.4 Å². The van der Waals surface area contributed by atoms with Gasteiger partial charge in [0.25, 0.3) is 0 Å². The van der Waals surface area contributed by atoms with E-state index in [1.165, 1.54) is 0 Å². The zero-order valence-corrected chi connectivity index (χ0v) is 17.3. The first kappa shape index (κ1) is 19.8. The molecule has 142 valence electrons. The van der Waals surface area contributed by atoms with Crippen molar-refractivity contribution < 1.29 is 13.9 Å². The summed E-state index contributed by atoms with van der Waals surface area (Å²) in [5.41, 5.74) is 2.09. The van der Waals surface area contributed by atoms with Crippen molar-refractivity contribution in [3.05, 3.63) is 81.2 Å². The van der Waals surface area contributed by atoms with E-state index in [0.29, 0.717) is 37.1 Å². The maximum absolute atomic E-state index is 6.04. The second kappa shape index (κ2) is 9.83. The third-order valence-corrected chi connectivity index (χ3v) is 4.86. The summed E-state index contributed by atoms with van der Waals surface area (Å²) in [6.07, 6.45) is 1.67. The number of halogens is 2. The van der Waals surface area contributed by atoms with Crippen LogP contribution in [0, 0.1) is 0 Å². The van der Waals surface area contributed by atoms with Crippen molar-refractivity contribution in [2.75, 3.05) is 6.61 Å². The average molecular weight is 451 g/mol. The van der Waals surface area contributed by atoms with Gasteiger partial charge in [0.1, 0.15) is 12.4 Å². The summed E-state index contributed by atoms with van der Waals surface area (Å²) in [6.45, 7) is 4.28. The number of hydrogen-bond acceptors (Lipinski definition) is 4. The zero-order valence-electron chi connectivity index (χ0n) is 15.0. The first-order valence-electron chi connectivity index (χ1n) is 8.71. The van der Waals surface area contributed by atoms with Crippen LogP contribution in [0.15, 0.2) is 63.7 Å². The maximum Gasteiger partial charge on any atom is 0.162 e. The van der Waals surface area contributed by atoms with E-state index in [1.807, 2.05) is 55.5 Å². The van der Waals surface area contributed by atoms with E-state index >= 15 is 0 Å². The van der Waals surface area contributed by atoms with Crippen LogP contribution in [0.1, 0.15) is 23.8 Å². The molecule has 3 aromatic rings. The predicted octanol–water partition coefficient (Wildman–Crippen LogP) is 5.96. The Morgan fingerprint density at radius 1 is 1.04 bits per heavy atom. The third-order valence-electron chi connectivity index (χ3n) is 3.89. The van der Waals surface area contributed by atoms with Gasteiger partial charge in [-0.05, 0) is 54.4 Å². The summed E-state index contributed by atoms with van der Waals surface area (Å²) in [7, 11) is 0. The lowest BCUT2D eigenvalue weighted by Crippen LogP contribution is -2.13. The van der Waals surface area contributed by atoms with Crippen molar-refractivity contribution in [3.63, 3.8) is 0 Å². The van der Waals surface area contributed by atoms with Crippen LogP contribution in [0.2, 0.25) is 5.02 Å². The Morgan fingerprint density at radius 2 is 1.89 bits per heavy atom. The standard InChI is InChI=1S/C21H21BrClNO3/c1-2-25-20-10-16(12-24-13-18-7-4-8-26-18)19(22)11-21(20)27-14-15-5-3-6-17(23)9-15/h3-11,24H,2,12-14H2,1H3. The van der Waals surface area contributed by atoms with Crippen LogP contribution in [-0.4, -0.2) is 6.61 Å². The van der Waals surface area contributed by atoms with E-state index in [2.05, 4.69) is 21.2 Å². The van der Waals surface area contributed by atoms with Crippen molar-refractivity contribution >= 4 is 27.5 Å². The molecule has 0 saturated heterocycles. The molecule has 1 heterocycles. The SMILES string of the molecule is CCOc1cc(CNCc2ccco2)c(Br)cc1OCc1cccc(Cl)c1. The van der Waals surface area contributed by atoms with Gasteiger partial charge in [0, 0.05) is 16.0 Å². The molecule has 0 atom stereocenters. The van der Waals surface area contributed by atoms with Gasteiger partial charge in [-0.2, -0.15) is 0 Å². The summed E-state index contributed by atoms with van der Waals surface area (Å²) in [4.78, 5) is 0. The minimum atomic E-state index is 0.420. The molecule has 3 rings (SSSR count). The molecule has 2 aromatic carbocycles. The van der Waals surface area contributed by atoms with Crippen molar-refractivity contribution in [2.45, 2.75) is 26.6 Å². The Kier molecular flexibility index (Phi) is 7.21. The highest BCUT2D eigenvalue weighted by Crippen LogP contribution is 2.34. The smallest absolute Gasteiger partial charge is 0.162 e. The van der Waals surface area contributed by atoms with Crippen molar-refractivity contribution in [2.24, 2.45) is 0 Å². The highest BCUT2D eigenvalue weighted by atomic mass is 79.9. The van der Waals surface area contributed by atoms with Crippen molar-refractivity contribution in [1.82, 2.24) is 5.32 Å². The van der Waals surface area contributed by atoms with Gasteiger partial charge in [-0.25, -0.2) is 0 Å². The molecule has 0 bridgehead atoms. The molecular formula is C21H21BrClNO3. The zero-order chi connectivity index (χ0) is 19.1. The minimum Gasteiger partial charge on any atom is -0.490 e. The van der Waals surface area contributed by atoms with Gasteiger partial charge in [0.15, 0.2) is 11.5 Å². The first-order chi connectivity index (χ1) is 13.2. The van der Waals surface area contributed by atoms with E-state index in [4.69, 9.17) is 25.5 Å². The summed E-state index contributed by atoms with van der Waals surface area (Å²) in [6, 6.07) is 15.4. The fourth-order valence-corrected chi connectivity index (χ4v) is 3.29. The molecule has 0 unspecified atom stereocenters. The lowest BCUT2D eigenvalue weighted by molar-refractivity contribution is 0.269. The van der Waals surface area contributed by atoms with E-state index < -0.39 is 0 Å². The van der Waals surface area contributed by atoms with Gasteiger partial charge in [-0.3, -0.25) is 0 Å². The number of furan rings is 1. The predicted molar refractivity (Wildman–Crippen MR) is 110 cm³/mol. The van der Waals surface area contributed by atoms with Crippen LogP contribution in [0.5, 0.6) is 11.5 Å². The van der Waals surface area contributed by atoms with E-state index in [-0.39, 0.29) is 0 Å². The lowest BCUT2D eigenvalue weighted by Gasteiger charge is -2.15. The number of hydrogen-bond donors (Lipinski definition) is 1. The van der Waals surface area contributed by atoms with Crippen LogP contribution >= 0.6 is 27.5 Å². The number of nitrogens with one attached hydrogen (secondary N) is 1. The molecule has 0 saturated carbocycles. The van der Waals surface area contributed by atoms with Gasteiger partial charge < -0.3 is 19.2 Å². The van der Waals surface area contributed by atoms with Crippen LogP contribution in [-0.2, 0) is 19.7 Å². The molecule has 6 heteroatoms. The van der Waals surface area contributed by atoms with E-state index in [9.17, 15) is 0 Å². The Balaban J connectivity index is 1.68. The molecule has 0 amide bonds. The van der Waals surface area contributed by atoms with Gasteiger partial charge in [-0.1, -0.05) is 39.7 Å². The van der Waals surface area contributed by atoms with Crippen molar-refractivity contribution in [3.8, 4) is 11.5 Å². The molecule has 4 nitrogen and oxygen atoms in total. The Hall–Kier alpha value is -1.95. The molecule has 0 spiro atoms. The Morgan fingerprint density at radius 3 is 2.63 bits per heavy atom. The normalized spacial score (nSPS) is 10.8. The Bertz CT molecular complexity index is 868. The van der Waals surface area contributed by atoms with E-state index in [0.717, 1.165) is 27.1 Å². The number of benzene rings is 2. The summed E-state index contributed by atoms with van der Waals surface area (Å²) >= 11 is 9.67. The summed E-state index contributed by atoms with van der Waals surface area (Å²) < 4.78 is 18.1. The topological polar surface area (TPSA) is 43.6 Å². The molecule has 0 aliphatic rings. The van der Waals surface area contributed by atoms with Crippen LogP contribution in [0.3, 0.4) is 0 Å². The molecule has 0 radical (unpaired) electrons. The quantitative estimate of drug-likeness (QED) is 0.436. The fraction of sp³-hybridized carbons (Fsp3) is 0.238. The summed E-state index contributed by atoms with van der Waals surface area (Å²) in [5, 5.41) is 4.06. The number of ether oxygens (including phenoxy) is 2. The first-order valence-corrected chi connectivity index (χ1v) is 9.88. The van der Waals surface area contributed by atoms with E-state index in [1.54, 1.807) is 6.26 Å². The fourth-order valence-electron chi connectivity index (χ4n) is 2.62. The maximum atomic E-state index is 6.04. The number of rotatable bonds is 9. The largest absolute Gasteiger partial charge is 0.490 e.